The van der Waals surface area contributed by atoms with Gasteiger partial charge in [-0.25, -0.2) is 14.3 Å². The average Bonchev–Trinajstić information content (AvgIpc) is 3.07. The van der Waals surface area contributed by atoms with Crippen molar-refractivity contribution < 1.29 is 28.8 Å². The molecule has 0 saturated heterocycles. The molecule has 0 aliphatic rings. The zero-order valence-corrected chi connectivity index (χ0v) is 16.8. The molecule has 3 rings (SSSR count). The van der Waals surface area contributed by atoms with E-state index in [-0.39, 0.29) is 12.4 Å². The fraction of sp³-hybridized carbons (Fsp3) is 0.235. The number of methoxy groups -OCH3 is 3. The van der Waals surface area contributed by atoms with Gasteiger partial charge in [-0.3, -0.25) is 5.32 Å². The number of amides is 1. The summed E-state index contributed by atoms with van der Waals surface area (Å²) in [4.78, 5) is 14.8. The predicted octanol–water partition coefficient (Wildman–Crippen LogP) is 3.19. The SMILES string of the molecule is COc1cc(COc2ccc3nc(NC(=O)O)cn3n2)c(Br)c(OC)c1OC. The van der Waals surface area contributed by atoms with E-state index in [0.717, 1.165) is 5.56 Å². The first-order valence-corrected chi connectivity index (χ1v) is 8.72. The molecule has 0 bridgehead atoms. The largest absolute Gasteiger partial charge is 0.493 e. The number of carbonyl (C=O) groups is 1. The maximum atomic E-state index is 10.7. The summed E-state index contributed by atoms with van der Waals surface area (Å²) in [5.74, 6) is 1.96. The number of hydrogen-bond acceptors (Lipinski definition) is 7. The molecule has 0 spiro atoms. The second-order valence-electron chi connectivity index (χ2n) is 5.44. The summed E-state index contributed by atoms with van der Waals surface area (Å²) in [6.45, 7) is 0.171. The maximum Gasteiger partial charge on any atom is 0.410 e. The van der Waals surface area contributed by atoms with Crippen LogP contribution in [0.5, 0.6) is 23.1 Å². The molecule has 0 aliphatic heterocycles. The van der Waals surface area contributed by atoms with E-state index in [4.69, 9.17) is 24.1 Å². The number of hydrogen-bond donors (Lipinski definition) is 2. The van der Waals surface area contributed by atoms with Gasteiger partial charge in [-0.05, 0) is 28.1 Å². The van der Waals surface area contributed by atoms with E-state index < -0.39 is 6.09 Å². The van der Waals surface area contributed by atoms with Gasteiger partial charge in [-0.1, -0.05) is 0 Å². The van der Waals surface area contributed by atoms with Gasteiger partial charge in [0.1, 0.15) is 6.61 Å². The minimum absolute atomic E-state index is 0.171. The normalized spacial score (nSPS) is 10.6. The summed E-state index contributed by atoms with van der Waals surface area (Å²) in [6.07, 6.45) is 0.248. The molecule has 0 aliphatic carbocycles. The summed E-state index contributed by atoms with van der Waals surface area (Å²) < 4.78 is 24.0. The van der Waals surface area contributed by atoms with Gasteiger partial charge in [-0.15, -0.1) is 5.10 Å². The number of imidazole rings is 1. The van der Waals surface area contributed by atoms with Crippen molar-refractivity contribution in [2.24, 2.45) is 0 Å². The van der Waals surface area contributed by atoms with Crippen molar-refractivity contribution in [1.82, 2.24) is 14.6 Å². The number of halogens is 1. The summed E-state index contributed by atoms with van der Waals surface area (Å²) in [5, 5.41) is 15.2. The van der Waals surface area contributed by atoms with Crippen LogP contribution in [0, 0.1) is 0 Å². The van der Waals surface area contributed by atoms with Gasteiger partial charge in [0.2, 0.25) is 11.6 Å². The quantitative estimate of drug-likeness (QED) is 0.561. The van der Waals surface area contributed by atoms with E-state index in [1.165, 1.54) is 32.0 Å². The Balaban J connectivity index is 1.84. The van der Waals surface area contributed by atoms with Crippen LogP contribution in [0.15, 0.2) is 28.9 Å². The molecule has 0 saturated carbocycles. The second kappa shape index (κ2) is 8.21. The molecule has 0 unspecified atom stereocenters. The molecule has 3 aromatic rings. The van der Waals surface area contributed by atoms with E-state index in [0.29, 0.717) is 33.2 Å². The zero-order valence-electron chi connectivity index (χ0n) is 15.2. The van der Waals surface area contributed by atoms with Crippen LogP contribution in [0.3, 0.4) is 0 Å². The Bertz CT molecular complexity index is 1020. The predicted molar refractivity (Wildman–Crippen MR) is 103 cm³/mol. The number of aromatic nitrogens is 3. The van der Waals surface area contributed by atoms with Gasteiger partial charge < -0.3 is 24.1 Å². The van der Waals surface area contributed by atoms with Crippen LogP contribution in [0.4, 0.5) is 10.6 Å². The first kappa shape index (κ1) is 19.5. The number of nitrogens with zero attached hydrogens (tertiary/aromatic N) is 3. The van der Waals surface area contributed by atoms with Gasteiger partial charge >= 0.3 is 6.09 Å². The van der Waals surface area contributed by atoms with Crippen LogP contribution >= 0.6 is 15.9 Å². The van der Waals surface area contributed by atoms with Crippen LogP contribution < -0.4 is 24.3 Å². The van der Waals surface area contributed by atoms with Crippen LogP contribution in [0.1, 0.15) is 5.56 Å². The van der Waals surface area contributed by atoms with Gasteiger partial charge in [-0.2, -0.15) is 0 Å². The number of nitrogens with one attached hydrogen (secondary N) is 1. The number of rotatable bonds is 7. The third-order valence-electron chi connectivity index (χ3n) is 3.75. The Hall–Kier alpha value is -3.21. The number of carboxylic acid groups (broad SMARTS) is 1. The van der Waals surface area contributed by atoms with Crippen LogP contribution in [-0.2, 0) is 6.61 Å². The Kier molecular flexibility index (Phi) is 5.73. The molecule has 2 aromatic heterocycles. The number of anilines is 1. The van der Waals surface area contributed by atoms with Gasteiger partial charge in [0.25, 0.3) is 0 Å². The van der Waals surface area contributed by atoms with Crippen molar-refractivity contribution in [3.63, 3.8) is 0 Å². The van der Waals surface area contributed by atoms with Crippen molar-refractivity contribution in [2.75, 3.05) is 26.6 Å². The fourth-order valence-electron chi connectivity index (χ4n) is 2.54. The molecule has 28 heavy (non-hydrogen) atoms. The molecule has 1 amide bonds. The third-order valence-corrected chi connectivity index (χ3v) is 4.62. The lowest BCUT2D eigenvalue weighted by atomic mass is 10.2. The lowest BCUT2D eigenvalue weighted by Crippen LogP contribution is -2.07. The van der Waals surface area contributed by atoms with Gasteiger partial charge in [0, 0.05) is 11.6 Å². The minimum atomic E-state index is -1.20. The molecule has 148 valence electrons. The molecule has 0 radical (unpaired) electrons. The fourth-order valence-corrected chi connectivity index (χ4v) is 3.11. The minimum Gasteiger partial charge on any atom is -0.493 e. The molecule has 0 fully saturated rings. The number of fused-ring (bicyclic) bond motifs is 1. The maximum absolute atomic E-state index is 10.7. The highest BCUT2D eigenvalue weighted by atomic mass is 79.9. The smallest absolute Gasteiger partial charge is 0.410 e. The van der Waals surface area contributed by atoms with Gasteiger partial charge in [0.15, 0.2) is 23.0 Å². The van der Waals surface area contributed by atoms with Crippen LogP contribution in [-0.4, -0.2) is 47.1 Å². The lowest BCUT2D eigenvalue weighted by molar-refractivity contribution is 0.209. The zero-order chi connectivity index (χ0) is 20.3. The van der Waals surface area contributed by atoms with E-state index in [9.17, 15) is 4.79 Å². The Morgan fingerprint density at radius 3 is 2.61 bits per heavy atom. The Morgan fingerprint density at radius 2 is 1.96 bits per heavy atom. The van der Waals surface area contributed by atoms with Gasteiger partial charge in [0.05, 0.1) is 32.0 Å². The third kappa shape index (κ3) is 3.88. The number of benzene rings is 1. The van der Waals surface area contributed by atoms with E-state index >= 15 is 0 Å². The summed E-state index contributed by atoms with van der Waals surface area (Å²) in [5.41, 5.74) is 1.24. The molecule has 1 aromatic carbocycles. The van der Waals surface area contributed by atoms with Crippen molar-refractivity contribution in [3.8, 4) is 23.1 Å². The topological polar surface area (TPSA) is 116 Å². The lowest BCUT2D eigenvalue weighted by Gasteiger charge is -2.16. The first-order chi connectivity index (χ1) is 13.5. The highest BCUT2D eigenvalue weighted by Crippen LogP contribution is 2.44. The molecule has 11 heteroatoms. The van der Waals surface area contributed by atoms with Crippen LogP contribution in [0.25, 0.3) is 5.65 Å². The highest BCUT2D eigenvalue weighted by Gasteiger charge is 2.19. The Morgan fingerprint density at radius 1 is 1.21 bits per heavy atom. The average molecular weight is 453 g/mol. The molecule has 10 nitrogen and oxygen atoms in total. The van der Waals surface area contributed by atoms with E-state index in [1.54, 1.807) is 18.2 Å². The molecular formula is C17H17BrN4O6. The van der Waals surface area contributed by atoms with Crippen molar-refractivity contribution in [3.05, 3.63) is 34.4 Å². The van der Waals surface area contributed by atoms with Crippen molar-refractivity contribution in [1.29, 1.82) is 0 Å². The van der Waals surface area contributed by atoms with E-state index in [1.807, 2.05) is 0 Å². The van der Waals surface area contributed by atoms with Crippen molar-refractivity contribution >= 4 is 33.5 Å². The molecule has 0 atom stereocenters. The molecule has 2 heterocycles. The molecule has 2 N–H and O–H groups in total. The summed E-state index contributed by atoms with van der Waals surface area (Å²) >= 11 is 3.50. The van der Waals surface area contributed by atoms with Crippen molar-refractivity contribution in [2.45, 2.75) is 6.61 Å². The summed E-state index contributed by atoms with van der Waals surface area (Å²) in [7, 11) is 4.60. The first-order valence-electron chi connectivity index (χ1n) is 7.93. The Labute approximate surface area is 168 Å². The monoisotopic (exact) mass is 452 g/mol. The highest BCUT2D eigenvalue weighted by molar-refractivity contribution is 9.10. The molecular weight excluding hydrogens is 436 g/mol. The summed E-state index contributed by atoms with van der Waals surface area (Å²) in [6, 6.07) is 5.08. The standard InChI is InChI=1S/C17H17BrN4O6/c1-25-10-6-9(14(18)16(27-3)15(10)26-2)8-28-13-5-4-12-19-11(20-17(23)24)7-22(12)21-13/h4-7,20H,8H2,1-3H3,(H,23,24). The van der Waals surface area contributed by atoms with Crippen LogP contribution in [0.2, 0.25) is 0 Å². The second-order valence-corrected chi connectivity index (χ2v) is 6.23. The van der Waals surface area contributed by atoms with E-state index in [2.05, 4.69) is 31.3 Å². The number of ether oxygens (including phenoxy) is 4.